The summed E-state index contributed by atoms with van der Waals surface area (Å²) in [6, 6.07) is 4.06. The quantitative estimate of drug-likeness (QED) is 0.755. The van der Waals surface area contributed by atoms with Crippen molar-refractivity contribution in [2.45, 2.75) is 33.3 Å². The molecule has 0 radical (unpaired) electrons. The van der Waals surface area contributed by atoms with Crippen molar-refractivity contribution in [1.82, 2.24) is 0 Å². The zero-order valence-corrected chi connectivity index (χ0v) is 10.1. The summed E-state index contributed by atoms with van der Waals surface area (Å²) in [5, 5.41) is 0. The van der Waals surface area contributed by atoms with Crippen LogP contribution in [0.2, 0.25) is 0 Å². The van der Waals surface area contributed by atoms with Gasteiger partial charge in [-0.1, -0.05) is 25.1 Å². The summed E-state index contributed by atoms with van der Waals surface area (Å²) in [6.07, 6.45) is 5.26. The van der Waals surface area contributed by atoms with E-state index in [0.717, 1.165) is 23.5 Å². The van der Waals surface area contributed by atoms with E-state index in [2.05, 4.69) is 26.0 Å². The Balaban J connectivity index is 2.45. The number of benzene rings is 1. The predicted octanol–water partition coefficient (Wildman–Crippen LogP) is 3.58. The van der Waals surface area contributed by atoms with E-state index in [0.29, 0.717) is 6.61 Å². The van der Waals surface area contributed by atoms with Crippen molar-refractivity contribution in [2.24, 2.45) is 0 Å². The van der Waals surface area contributed by atoms with Gasteiger partial charge in [-0.3, -0.25) is 0 Å². The SMILES string of the molecule is C/C=C/c1c(C)ccc2c1OC(CC)CO2. The Hall–Kier alpha value is -1.44. The van der Waals surface area contributed by atoms with Gasteiger partial charge in [0.05, 0.1) is 0 Å². The number of fused-ring (bicyclic) bond motifs is 1. The Kier molecular flexibility index (Phi) is 3.18. The fraction of sp³-hybridized carbons (Fsp3) is 0.429. The van der Waals surface area contributed by atoms with E-state index in [1.807, 2.05) is 19.1 Å². The first-order valence-corrected chi connectivity index (χ1v) is 5.82. The van der Waals surface area contributed by atoms with Crippen LogP contribution in [0.3, 0.4) is 0 Å². The minimum Gasteiger partial charge on any atom is -0.486 e. The zero-order valence-electron chi connectivity index (χ0n) is 10.1. The summed E-state index contributed by atoms with van der Waals surface area (Å²) in [4.78, 5) is 0. The van der Waals surface area contributed by atoms with Crippen molar-refractivity contribution < 1.29 is 9.47 Å². The molecule has 86 valence electrons. The molecule has 0 bridgehead atoms. The van der Waals surface area contributed by atoms with Crippen LogP contribution in [-0.2, 0) is 0 Å². The second kappa shape index (κ2) is 4.60. The molecule has 0 aliphatic carbocycles. The number of aryl methyl sites for hydroxylation is 1. The van der Waals surface area contributed by atoms with Crippen molar-refractivity contribution in [1.29, 1.82) is 0 Å². The highest BCUT2D eigenvalue weighted by Crippen LogP contribution is 2.38. The standard InChI is InChI=1S/C14H18O2/c1-4-6-12-10(3)7-8-13-14(12)16-11(5-2)9-15-13/h4,6-8,11H,5,9H2,1-3H3/b6-4+. The van der Waals surface area contributed by atoms with Gasteiger partial charge < -0.3 is 9.47 Å². The van der Waals surface area contributed by atoms with Gasteiger partial charge in [0.25, 0.3) is 0 Å². The molecule has 0 saturated heterocycles. The van der Waals surface area contributed by atoms with E-state index in [-0.39, 0.29) is 6.10 Å². The van der Waals surface area contributed by atoms with Crippen LogP contribution in [0.5, 0.6) is 11.5 Å². The van der Waals surface area contributed by atoms with Gasteiger partial charge in [0.1, 0.15) is 12.7 Å². The third kappa shape index (κ3) is 1.92. The molecule has 1 aliphatic rings. The van der Waals surface area contributed by atoms with Gasteiger partial charge in [-0.15, -0.1) is 0 Å². The maximum Gasteiger partial charge on any atom is 0.169 e. The molecular weight excluding hydrogens is 200 g/mol. The van der Waals surface area contributed by atoms with Gasteiger partial charge in [-0.2, -0.15) is 0 Å². The lowest BCUT2D eigenvalue weighted by Gasteiger charge is -2.27. The minimum atomic E-state index is 0.179. The molecule has 1 unspecified atom stereocenters. The molecule has 0 amide bonds. The Labute approximate surface area is 96.9 Å². The Morgan fingerprint density at radius 3 is 2.94 bits per heavy atom. The van der Waals surface area contributed by atoms with Crippen LogP contribution in [0.15, 0.2) is 18.2 Å². The summed E-state index contributed by atoms with van der Waals surface area (Å²) in [5.74, 6) is 1.76. The summed E-state index contributed by atoms with van der Waals surface area (Å²) in [6.45, 7) is 6.88. The number of ether oxygens (including phenoxy) is 2. The topological polar surface area (TPSA) is 18.5 Å². The van der Waals surface area contributed by atoms with Crippen LogP contribution in [0, 0.1) is 6.92 Å². The van der Waals surface area contributed by atoms with Gasteiger partial charge in [0.15, 0.2) is 11.5 Å². The van der Waals surface area contributed by atoms with Crippen LogP contribution in [-0.4, -0.2) is 12.7 Å². The third-order valence-electron chi connectivity index (χ3n) is 2.88. The highest BCUT2D eigenvalue weighted by atomic mass is 16.6. The summed E-state index contributed by atoms with van der Waals surface area (Å²) >= 11 is 0. The number of hydrogen-bond acceptors (Lipinski definition) is 2. The molecule has 1 aromatic carbocycles. The molecule has 0 aromatic heterocycles. The van der Waals surface area contributed by atoms with E-state index in [1.54, 1.807) is 0 Å². The molecule has 1 aliphatic heterocycles. The molecule has 1 heterocycles. The number of allylic oxidation sites excluding steroid dienone is 1. The fourth-order valence-corrected chi connectivity index (χ4v) is 1.87. The number of hydrogen-bond donors (Lipinski definition) is 0. The van der Waals surface area contributed by atoms with Gasteiger partial charge >= 0.3 is 0 Å². The molecule has 0 N–H and O–H groups in total. The highest BCUT2D eigenvalue weighted by Gasteiger charge is 2.22. The molecule has 2 heteroatoms. The highest BCUT2D eigenvalue weighted by molar-refractivity contribution is 5.65. The van der Waals surface area contributed by atoms with Crippen molar-refractivity contribution in [3.63, 3.8) is 0 Å². The predicted molar refractivity (Wildman–Crippen MR) is 66.1 cm³/mol. The zero-order chi connectivity index (χ0) is 11.5. The van der Waals surface area contributed by atoms with E-state index in [1.165, 1.54) is 5.56 Å². The van der Waals surface area contributed by atoms with Crippen molar-refractivity contribution in [3.8, 4) is 11.5 Å². The normalized spacial score (nSPS) is 19.1. The smallest absolute Gasteiger partial charge is 0.169 e. The Morgan fingerprint density at radius 1 is 1.44 bits per heavy atom. The lowest BCUT2D eigenvalue weighted by Crippen LogP contribution is -2.28. The van der Waals surface area contributed by atoms with Crippen LogP contribution in [0.1, 0.15) is 31.4 Å². The second-order valence-corrected chi connectivity index (χ2v) is 4.08. The second-order valence-electron chi connectivity index (χ2n) is 4.08. The number of rotatable bonds is 2. The van der Waals surface area contributed by atoms with Gasteiger partial charge in [-0.25, -0.2) is 0 Å². The first kappa shape index (κ1) is 11.1. The largest absolute Gasteiger partial charge is 0.486 e. The maximum absolute atomic E-state index is 5.97. The van der Waals surface area contributed by atoms with Gasteiger partial charge in [0.2, 0.25) is 0 Å². The van der Waals surface area contributed by atoms with E-state index in [9.17, 15) is 0 Å². The Morgan fingerprint density at radius 2 is 2.25 bits per heavy atom. The van der Waals surface area contributed by atoms with Crippen molar-refractivity contribution in [3.05, 3.63) is 29.3 Å². The average molecular weight is 218 g/mol. The van der Waals surface area contributed by atoms with Crippen LogP contribution in [0.4, 0.5) is 0 Å². The molecule has 0 fully saturated rings. The van der Waals surface area contributed by atoms with Crippen molar-refractivity contribution in [2.75, 3.05) is 6.61 Å². The van der Waals surface area contributed by atoms with E-state index in [4.69, 9.17) is 9.47 Å². The van der Waals surface area contributed by atoms with Gasteiger partial charge in [0, 0.05) is 5.56 Å². The lowest BCUT2D eigenvalue weighted by molar-refractivity contribution is 0.0881. The molecule has 0 saturated carbocycles. The van der Waals surface area contributed by atoms with E-state index < -0.39 is 0 Å². The molecule has 1 aromatic rings. The molecular formula is C14H18O2. The van der Waals surface area contributed by atoms with Crippen LogP contribution in [0.25, 0.3) is 6.08 Å². The molecule has 0 spiro atoms. The lowest BCUT2D eigenvalue weighted by atomic mass is 10.1. The fourth-order valence-electron chi connectivity index (χ4n) is 1.87. The van der Waals surface area contributed by atoms with E-state index >= 15 is 0 Å². The molecule has 2 rings (SSSR count). The first-order valence-electron chi connectivity index (χ1n) is 5.82. The maximum atomic E-state index is 5.97. The third-order valence-corrected chi connectivity index (χ3v) is 2.88. The monoisotopic (exact) mass is 218 g/mol. The Bertz CT molecular complexity index is 407. The van der Waals surface area contributed by atoms with Gasteiger partial charge in [-0.05, 0) is 31.9 Å². The molecule has 2 nitrogen and oxygen atoms in total. The summed E-state index contributed by atoms with van der Waals surface area (Å²) in [7, 11) is 0. The molecule has 1 atom stereocenters. The summed E-state index contributed by atoms with van der Waals surface area (Å²) in [5.41, 5.74) is 2.36. The molecule has 16 heavy (non-hydrogen) atoms. The summed E-state index contributed by atoms with van der Waals surface area (Å²) < 4.78 is 11.7. The van der Waals surface area contributed by atoms with Crippen LogP contribution < -0.4 is 9.47 Å². The van der Waals surface area contributed by atoms with Crippen LogP contribution >= 0.6 is 0 Å². The minimum absolute atomic E-state index is 0.179. The van der Waals surface area contributed by atoms with Crippen molar-refractivity contribution >= 4 is 6.08 Å². The average Bonchev–Trinajstić information content (AvgIpc) is 2.32. The first-order chi connectivity index (χ1) is 7.76.